The lowest BCUT2D eigenvalue weighted by molar-refractivity contribution is -0.181. The second-order valence-electron chi connectivity index (χ2n) is 8.58. The summed E-state index contributed by atoms with van der Waals surface area (Å²) in [5.74, 6) is 0.125. The van der Waals surface area contributed by atoms with Crippen molar-refractivity contribution in [3.05, 3.63) is 29.8 Å². The van der Waals surface area contributed by atoms with Gasteiger partial charge in [0, 0.05) is 13.8 Å². The van der Waals surface area contributed by atoms with Crippen LogP contribution in [0.3, 0.4) is 0 Å². The van der Waals surface area contributed by atoms with Crippen LogP contribution in [0.4, 0.5) is 0 Å². The van der Waals surface area contributed by atoms with Crippen molar-refractivity contribution in [2.75, 3.05) is 13.2 Å². The molecule has 1 aromatic rings. The fourth-order valence-electron chi connectivity index (χ4n) is 4.01. The molecule has 0 radical (unpaired) electrons. The average Bonchev–Trinajstić information content (AvgIpc) is 2.77. The van der Waals surface area contributed by atoms with Gasteiger partial charge in [-0.1, -0.05) is 64.0 Å². The van der Waals surface area contributed by atoms with Crippen molar-refractivity contribution in [3.8, 4) is 5.75 Å². The number of carbonyl (C=O) groups excluding carboxylic acids is 2. The number of ether oxygens (including phenoxy) is 4. The molecule has 1 heterocycles. The quantitative estimate of drug-likeness (QED) is 0.260. The zero-order valence-electron chi connectivity index (χ0n) is 20.0. The zero-order valence-corrected chi connectivity index (χ0v) is 20.0. The number of unbranched alkanes of at least 4 members (excludes halogenated alkanes) is 7. The van der Waals surface area contributed by atoms with Gasteiger partial charge in [-0.15, -0.1) is 0 Å². The highest BCUT2D eigenvalue weighted by atomic mass is 16.6. The van der Waals surface area contributed by atoms with E-state index in [2.05, 4.69) is 6.92 Å². The Morgan fingerprint density at radius 2 is 1.56 bits per heavy atom. The smallest absolute Gasteiger partial charge is 0.302 e. The van der Waals surface area contributed by atoms with Gasteiger partial charge in [0.2, 0.25) is 0 Å². The molecule has 6 heteroatoms. The Morgan fingerprint density at radius 3 is 2.19 bits per heavy atom. The summed E-state index contributed by atoms with van der Waals surface area (Å²) in [5.41, 5.74) is 1.04. The van der Waals surface area contributed by atoms with E-state index in [1.165, 1.54) is 58.8 Å². The molecule has 0 unspecified atom stereocenters. The Kier molecular flexibility index (Phi) is 12.2. The van der Waals surface area contributed by atoms with Gasteiger partial charge in [0.15, 0.2) is 0 Å². The second-order valence-corrected chi connectivity index (χ2v) is 8.58. The van der Waals surface area contributed by atoms with Crippen LogP contribution in [-0.2, 0) is 23.8 Å². The fraction of sp³-hybridized carbons (Fsp3) is 0.692. The van der Waals surface area contributed by atoms with E-state index in [0.29, 0.717) is 6.42 Å². The largest absolute Gasteiger partial charge is 0.494 e. The number of carbonyl (C=O) groups is 2. The van der Waals surface area contributed by atoms with Gasteiger partial charge in [0.05, 0.1) is 12.7 Å². The second kappa shape index (κ2) is 14.9. The molecule has 0 N–H and O–H groups in total. The SMILES string of the molecule is CCCCCCCCCCOc1ccc([C@@H]2CC[C@H](OC(C)=O)[C@@H](COC(C)=O)O2)cc1. The van der Waals surface area contributed by atoms with Crippen LogP contribution < -0.4 is 4.74 Å². The molecular formula is C26H40O6. The van der Waals surface area contributed by atoms with Crippen LogP contribution in [0.1, 0.15) is 96.6 Å². The molecule has 32 heavy (non-hydrogen) atoms. The summed E-state index contributed by atoms with van der Waals surface area (Å²) in [6.07, 6.45) is 10.6. The summed E-state index contributed by atoms with van der Waals surface area (Å²) < 4.78 is 22.5. The summed E-state index contributed by atoms with van der Waals surface area (Å²) in [4.78, 5) is 22.6. The van der Waals surface area contributed by atoms with Gasteiger partial charge in [-0.2, -0.15) is 0 Å². The van der Waals surface area contributed by atoms with E-state index in [4.69, 9.17) is 18.9 Å². The minimum atomic E-state index is -0.473. The predicted molar refractivity (Wildman–Crippen MR) is 124 cm³/mol. The molecule has 0 amide bonds. The van der Waals surface area contributed by atoms with Crippen LogP contribution in [0.5, 0.6) is 5.75 Å². The number of benzene rings is 1. The van der Waals surface area contributed by atoms with Gasteiger partial charge in [-0.25, -0.2) is 0 Å². The topological polar surface area (TPSA) is 71.1 Å². The van der Waals surface area contributed by atoms with Crippen LogP contribution in [0, 0.1) is 0 Å². The minimum Gasteiger partial charge on any atom is -0.494 e. The Bertz CT molecular complexity index is 671. The molecule has 0 spiro atoms. The van der Waals surface area contributed by atoms with Crippen molar-refractivity contribution in [2.24, 2.45) is 0 Å². The minimum absolute atomic E-state index is 0.0730. The van der Waals surface area contributed by atoms with E-state index in [0.717, 1.165) is 30.8 Å². The molecule has 0 bridgehead atoms. The van der Waals surface area contributed by atoms with Crippen LogP contribution in [0.2, 0.25) is 0 Å². The summed E-state index contributed by atoms with van der Waals surface area (Å²) in [7, 11) is 0. The van der Waals surface area contributed by atoms with E-state index in [1.54, 1.807) is 0 Å². The maximum absolute atomic E-state index is 11.4. The van der Waals surface area contributed by atoms with Crippen LogP contribution in [0.15, 0.2) is 24.3 Å². The molecule has 1 saturated heterocycles. The molecule has 0 aromatic heterocycles. The fourth-order valence-corrected chi connectivity index (χ4v) is 4.01. The van der Waals surface area contributed by atoms with Gasteiger partial charge in [0.25, 0.3) is 0 Å². The average molecular weight is 449 g/mol. The number of hydrogen-bond donors (Lipinski definition) is 0. The van der Waals surface area contributed by atoms with Gasteiger partial charge < -0.3 is 18.9 Å². The Morgan fingerprint density at radius 1 is 0.906 bits per heavy atom. The van der Waals surface area contributed by atoms with Crippen LogP contribution in [-0.4, -0.2) is 37.4 Å². The van der Waals surface area contributed by atoms with Crippen LogP contribution >= 0.6 is 0 Å². The van der Waals surface area contributed by atoms with Crippen molar-refractivity contribution in [3.63, 3.8) is 0 Å². The van der Waals surface area contributed by atoms with Crippen molar-refractivity contribution in [1.82, 2.24) is 0 Å². The van der Waals surface area contributed by atoms with Crippen molar-refractivity contribution < 1.29 is 28.5 Å². The normalized spacial score (nSPS) is 20.5. The lowest BCUT2D eigenvalue weighted by Gasteiger charge is -2.35. The summed E-state index contributed by atoms with van der Waals surface area (Å²) in [5, 5.41) is 0. The standard InChI is InChI=1S/C26H40O6/c1-4-5-6-7-8-9-10-11-18-29-23-14-12-22(13-15-23)24-16-17-25(31-21(3)28)26(32-24)19-30-20(2)27/h12-15,24-26H,4-11,16-19H2,1-3H3/t24-,25-,26+/m0/s1. The molecule has 2 rings (SSSR count). The third kappa shape index (κ3) is 10.0. The molecule has 0 saturated carbocycles. The highest BCUT2D eigenvalue weighted by Gasteiger charge is 2.34. The lowest BCUT2D eigenvalue weighted by Crippen LogP contribution is -2.41. The predicted octanol–water partition coefficient (Wildman–Crippen LogP) is 5.92. The van der Waals surface area contributed by atoms with Gasteiger partial charge >= 0.3 is 11.9 Å². The van der Waals surface area contributed by atoms with Crippen LogP contribution in [0.25, 0.3) is 0 Å². The van der Waals surface area contributed by atoms with Gasteiger partial charge in [-0.05, 0) is 37.0 Å². The first kappa shape index (κ1) is 26.2. The molecule has 180 valence electrons. The van der Waals surface area contributed by atoms with E-state index in [-0.39, 0.29) is 24.6 Å². The maximum Gasteiger partial charge on any atom is 0.302 e. The van der Waals surface area contributed by atoms with E-state index < -0.39 is 12.2 Å². The first-order chi connectivity index (χ1) is 15.5. The third-order valence-corrected chi connectivity index (χ3v) is 5.75. The first-order valence-electron chi connectivity index (χ1n) is 12.2. The Hall–Kier alpha value is -2.08. The molecule has 6 nitrogen and oxygen atoms in total. The first-order valence-corrected chi connectivity index (χ1v) is 12.2. The van der Waals surface area contributed by atoms with Crippen molar-refractivity contribution in [1.29, 1.82) is 0 Å². The molecule has 1 aliphatic heterocycles. The monoisotopic (exact) mass is 448 g/mol. The van der Waals surface area contributed by atoms with Gasteiger partial charge in [-0.3, -0.25) is 9.59 Å². The molecule has 3 atom stereocenters. The number of hydrogen-bond acceptors (Lipinski definition) is 6. The summed E-state index contributed by atoms with van der Waals surface area (Å²) in [6, 6.07) is 7.98. The Labute approximate surface area is 193 Å². The molecule has 1 aromatic carbocycles. The molecule has 0 aliphatic carbocycles. The molecular weight excluding hydrogens is 408 g/mol. The third-order valence-electron chi connectivity index (χ3n) is 5.75. The zero-order chi connectivity index (χ0) is 23.2. The summed E-state index contributed by atoms with van der Waals surface area (Å²) >= 11 is 0. The van der Waals surface area contributed by atoms with Gasteiger partial charge in [0.1, 0.15) is 24.6 Å². The number of esters is 2. The number of rotatable bonds is 14. The van der Waals surface area contributed by atoms with Crippen molar-refractivity contribution >= 4 is 11.9 Å². The highest BCUT2D eigenvalue weighted by Crippen LogP contribution is 2.33. The lowest BCUT2D eigenvalue weighted by atomic mass is 9.96. The highest BCUT2D eigenvalue weighted by molar-refractivity contribution is 5.66. The van der Waals surface area contributed by atoms with E-state index in [1.807, 2.05) is 24.3 Å². The van der Waals surface area contributed by atoms with E-state index >= 15 is 0 Å². The molecule has 1 aliphatic rings. The summed E-state index contributed by atoms with van der Waals surface area (Å²) in [6.45, 7) is 5.79. The Balaban J connectivity index is 1.75. The maximum atomic E-state index is 11.4. The van der Waals surface area contributed by atoms with E-state index in [9.17, 15) is 9.59 Å². The molecule has 1 fully saturated rings. The van der Waals surface area contributed by atoms with Crippen molar-refractivity contribution in [2.45, 2.75) is 103 Å².